The first-order valence-corrected chi connectivity index (χ1v) is 4.28. The van der Waals surface area contributed by atoms with E-state index >= 15 is 0 Å². The van der Waals surface area contributed by atoms with E-state index in [1.54, 1.807) is 12.4 Å². The molecule has 1 heterocycles. The molecule has 0 atom stereocenters. The van der Waals surface area contributed by atoms with E-state index in [9.17, 15) is 0 Å². The van der Waals surface area contributed by atoms with E-state index in [2.05, 4.69) is 15.0 Å². The fraction of sp³-hybridized carbons (Fsp3) is 0.444. The van der Waals surface area contributed by atoms with Gasteiger partial charge < -0.3 is 5.73 Å². The molecule has 0 saturated heterocycles. The molecule has 0 aliphatic carbocycles. The maximum absolute atomic E-state index is 5.55. The second kappa shape index (κ2) is 4.54. The third kappa shape index (κ3) is 3.19. The van der Waals surface area contributed by atoms with E-state index in [0.29, 0.717) is 12.4 Å². The number of aliphatic imine (C=N–C) groups is 1. The predicted molar refractivity (Wildman–Crippen MR) is 52.4 cm³/mol. The first-order valence-electron chi connectivity index (χ1n) is 4.28. The van der Waals surface area contributed by atoms with Crippen LogP contribution >= 0.6 is 0 Å². The molecule has 0 aliphatic rings. The monoisotopic (exact) mass is 178 g/mol. The Hall–Kier alpha value is -1.45. The molecule has 13 heavy (non-hydrogen) atoms. The standard InChI is InChI=1S/C9H14N4/c1-3-9(10)13-6-8-5-11-7(2)4-12-8/h4-5H,3,6H2,1-2H3,(H2,10,13). The highest BCUT2D eigenvalue weighted by Gasteiger charge is 1.93. The van der Waals surface area contributed by atoms with Crippen molar-refractivity contribution in [1.82, 2.24) is 9.97 Å². The van der Waals surface area contributed by atoms with Gasteiger partial charge >= 0.3 is 0 Å². The molecule has 2 N–H and O–H groups in total. The molecule has 4 heteroatoms. The van der Waals surface area contributed by atoms with Gasteiger partial charge in [0.1, 0.15) is 0 Å². The van der Waals surface area contributed by atoms with Gasteiger partial charge in [-0.2, -0.15) is 0 Å². The zero-order valence-corrected chi connectivity index (χ0v) is 7.99. The van der Waals surface area contributed by atoms with Crippen LogP contribution in [0.25, 0.3) is 0 Å². The molecule has 0 fully saturated rings. The fourth-order valence-corrected chi connectivity index (χ4v) is 0.795. The molecule has 0 radical (unpaired) electrons. The summed E-state index contributed by atoms with van der Waals surface area (Å²) < 4.78 is 0. The summed E-state index contributed by atoms with van der Waals surface area (Å²) in [5.74, 6) is 0.655. The van der Waals surface area contributed by atoms with E-state index in [4.69, 9.17) is 5.73 Å². The van der Waals surface area contributed by atoms with Gasteiger partial charge in [-0.05, 0) is 6.92 Å². The van der Waals surface area contributed by atoms with Gasteiger partial charge in [0.2, 0.25) is 0 Å². The lowest BCUT2D eigenvalue weighted by atomic mass is 10.4. The van der Waals surface area contributed by atoms with Gasteiger partial charge in [0.25, 0.3) is 0 Å². The van der Waals surface area contributed by atoms with E-state index in [1.165, 1.54) is 0 Å². The average Bonchev–Trinajstić information content (AvgIpc) is 2.16. The van der Waals surface area contributed by atoms with E-state index < -0.39 is 0 Å². The molecule has 0 spiro atoms. The van der Waals surface area contributed by atoms with E-state index in [1.807, 2.05) is 13.8 Å². The van der Waals surface area contributed by atoms with Crippen LogP contribution in [-0.4, -0.2) is 15.8 Å². The number of aryl methyl sites for hydroxylation is 1. The number of nitrogens with two attached hydrogens (primary N) is 1. The maximum atomic E-state index is 5.55. The number of amidine groups is 1. The van der Waals surface area contributed by atoms with Gasteiger partial charge in [0.15, 0.2) is 0 Å². The van der Waals surface area contributed by atoms with E-state index in [0.717, 1.165) is 17.8 Å². The summed E-state index contributed by atoms with van der Waals surface area (Å²) in [7, 11) is 0. The zero-order valence-electron chi connectivity index (χ0n) is 7.99. The first-order chi connectivity index (χ1) is 6.22. The van der Waals surface area contributed by atoms with Crippen molar-refractivity contribution in [3.8, 4) is 0 Å². The molecule has 1 aromatic rings. The van der Waals surface area contributed by atoms with Crippen LogP contribution in [0.15, 0.2) is 17.4 Å². The van der Waals surface area contributed by atoms with Crippen LogP contribution in [0.4, 0.5) is 0 Å². The maximum Gasteiger partial charge on any atom is 0.0939 e. The third-order valence-electron chi connectivity index (χ3n) is 1.64. The van der Waals surface area contributed by atoms with Crippen LogP contribution in [0.3, 0.4) is 0 Å². The molecule has 1 rings (SSSR count). The highest BCUT2D eigenvalue weighted by Crippen LogP contribution is 1.96. The van der Waals surface area contributed by atoms with Gasteiger partial charge in [0, 0.05) is 12.6 Å². The van der Waals surface area contributed by atoms with Crippen LogP contribution in [0.1, 0.15) is 24.7 Å². The Kier molecular flexibility index (Phi) is 3.37. The predicted octanol–water partition coefficient (Wildman–Crippen LogP) is 1.05. The number of aromatic nitrogens is 2. The van der Waals surface area contributed by atoms with Crippen molar-refractivity contribution in [3.05, 3.63) is 23.8 Å². The van der Waals surface area contributed by atoms with Gasteiger partial charge in [-0.15, -0.1) is 0 Å². The lowest BCUT2D eigenvalue weighted by molar-refractivity contribution is 0.938. The summed E-state index contributed by atoms with van der Waals surface area (Å²) in [6.07, 6.45) is 4.23. The minimum absolute atomic E-state index is 0.521. The Labute approximate surface area is 77.9 Å². The summed E-state index contributed by atoms with van der Waals surface area (Å²) in [4.78, 5) is 12.4. The lowest BCUT2D eigenvalue weighted by Gasteiger charge is -1.97. The van der Waals surface area contributed by atoms with Gasteiger partial charge in [-0.1, -0.05) is 6.92 Å². The SMILES string of the molecule is CCC(N)=NCc1cnc(C)cn1. The number of nitrogens with zero attached hydrogens (tertiary/aromatic N) is 3. The smallest absolute Gasteiger partial charge is 0.0939 e. The van der Waals surface area contributed by atoms with Gasteiger partial charge in [-0.3, -0.25) is 15.0 Å². The molecular formula is C9H14N4. The molecule has 0 aliphatic heterocycles. The van der Waals surface area contributed by atoms with Crippen molar-refractivity contribution in [1.29, 1.82) is 0 Å². The zero-order chi connectivity index (χ0) is 9.68. The van der Waals surface area contributed by atoms with Crippen LogP contribution in [0.2, 0.25) is 0 Å². The molecule has 0 saturated carbocycles. The normalized spacial score (nSPS) is 11.7. The van der Waals surface area contributed by atoms with Gasteiger partial charge in [0.05, 0.1) is 30.0 Å². The minimum atomic E-state index is 0.521. The second-order valence-corrected chi connectivity index (χ2v) is 2.81. The van der Waals surface area contributed by atoms with Gasteiger partial charge in [-0.25, -0.2) is 0 Å². The highest BCUT2D eigenvalue weighted by molar-refractivity contribution is 5.79. The van der Waals surface area contributed by atoms with Crippen LogP contribution in [0.5, 0.6) is 0 Å². The fourth-order valence-electron chi connectivity index (χ4n) is 0.795. The Morgan fingerprint density at radius 3 is 2.77 bits per heavy atom. The molecule has 70 valence electrons. The quantitative estimate of drug-likeness (QED) is 0.556. The van der Waals surface area contributed by atoms with Crippen LogP contribution < -0.4 is 5.73 Å². The number of hydrogen-bond donors (Lipinski definition) is 1. The number of rotatable bonds is 3. The minimum Gasteiger partial charge on any atom is -0.387 e. The Morgan fingerprint density at radius 2 is 2.23 bits per heavy atom. The summed E-state index contributed by atoms with van der Waals surface area (Å²) >= 11 is 0. The largest absolute Gasteiger partial charge is 0.387 e. The van der Waals surface area contributed by atoms with Crippen molar-refractivity contribution in [2.45, 2.75) is 26.8 Å². The molecular weight excluding hydrogens is 164 g/mol. The third-order valence-corrected chi connectivity index (χ3v) is 1.64. The summed E-state index contributed by atoms with van der Waals surface area (Å²) in [6, 6.07) is 0. The molecule has 0 amide bonds. The van der Waals surface area contributed by atoms with Crippen molar-refractivity contribution in [2.24, 2.45) is 10.7 Å². The average molecular weight is 178 g/mol. The van der Waals surface area contributed by atoms with E-state index in [-0.39, 0.29) is 0 Å². The molecule has 1 aromatic heterocycles. The van der Waals surface area contributed by atoms with Crippen LogP contribution in [-0.2, 0) is 6.54 Å². The number of hydrogen-bond acceptors (Lipinski definition) is 3. The summed E-state index contributed by atoms with van der Waals surface area (Å²) in [6.45, 7) is 4.40. The topological polar surface area (TPSA) is 64.2 Å². The van der Waals surface area contributed by atoms with Crippen LogP contribution in [0, 0.1) is 6.92 Å². The lowest BCUT2D eigenvalue weighted by Crippen LogP contribution is -2.10. The molecule has 0 bridgehead atoms. The highest BCUT2D eigenvalue weighted by atomic mass is 14.9. The second-order valence-electron chi connectivity index (χ2n) is 2.81. The molecule has 4 nitrogen and oxygen atoms in total. The van der Waals surface area contributed by atoms with Crippen molar-refractivity contribution in [2.75, 3.05) is 0 Å². The summed E-state index contributed by atoms with van der Waals surface area (Å²) in [5, 5.41) is 0. The molecule has 0 unspecified atom stereocenters. The first kappa shape index (κ1) is 9.64. The van der Waals surface area contributed by atoms with Crippen molar-refractivity contribution < 1.29 is 0 Å². The Balaban J connectivity index is 2.60. The van der Waals surface area contributed by atoms with Crippen molar-refractivity contribution in [3.63, 3.8) is 0 Å². The molecule has 0 aromatic carbocycles. The Morgan fingerprint density at radius 1 is 1.46 bits per heavy atom. The Bertz CT molecular complexity index is 289. The van der Waals surface area contributed by atoms with Crippen molar-refractivity contribution >= 4 is 5.84 Å². The summed E-state index contributed by atoms with van der Waals surface area (Å²) in [5.41, 5.74) is 7.31.